The molecular weight excluding hydrogens is 372 g/mol. The van der Waals surface area contributed by atoms with Crippen LogP contribution in [-0.2, 0) is 0 Å². The lowest BCUT2D eigenvalue weighted by Crippen LogP contribution is -2.29. The van der Waals surface area contributed by atoms with Gasteiger partial charge in [-0.25, -0.2) is 0 Å². The Kier molecular flexibility index (Phi) is 4.60. The van der Waals surface area contributed by atoms with Gasteiger partial charge in [-0.2, -0.15) is 0 Å². The van der Waals surface area contributed by atoms with Crippen LogP contribution in [0.3, 0.4) is 0 Å². The van der Waals surface area contributed by atoms with Gasteiger partial charge in [0.1, 0.15) is 0 Å². The molecule has 25 heavy (non-hydrogen) atoms. The molecule has 0 fully saturated rings. The number of hydrogen-bond acceptors (Lipinski definition) is 2. The largest absolute Gasteiger partial charge is 0.378 e. The zero-order chi connectivity index (χ0) is 17.4. The highest BCUT2D eigenvalue weighted by Crippen LogP contribution is 2.50. The summed E-state index contributed by atoms with van der Waals surface area (Å²) in [5.74, 6) is 1.11. The fourth-order valence-electron chi connectivity index (χ4n) is 4.37. The van der Waals surface area contributed by atoms with Crippen molar-refractivity contribution in [1.29, 1.82) is 0 Å². The van der Waals surface area contributed by atoms with Gasteiger partial charge in [0.05, 0.1) is 6.04 Å². The van der Waals surface area contributed by atoms with Gasteiger partial charge in [-0.1, -0.05) is 40.2 Å². The quantitative estimate of drug-likeness (QED) is 0.625. The van der Waals surface area contributed by atoms with E-state index in [-0.39, 0.29) is 0 Å². The van der Waals surface area contributed by atoms with Gasteiger partial charge in [-0.3, -0.25) is 0 Å². The number of benzene rings is 2. The van der Waals surface area contributed by atoms with E-state index in [9.17, 15) is 0 Å². The standard InChI is InChI=1S/C22H25BrN2/c1-3-25(4-2)17-12-13-21-20(14-17)18-6-5-7-19(18)22(24-21)15-8-10-16(23)11-9-15/h5-6,8-14,18-19,22,24H,3-4,7H2,1-2H3. The third-order valence-corrected chi connectivity index (χ3v) is 6.23. The summed E-state index contributed by atoms with van der Waals surface area (Å²) in [7, 11) is 0. The molecule has 1 heterocycles. The topological polar surface area (TPSA) is 15.3 Å². The summed E-state index contributed by atoms with van der Waals surface area (Å²) in [6.07, 6.45) is 5.93. The highest BCUT2D eigenvalue weighted by molar-refractivity contribution is 9.10. The van der Waals surface area contributed by atoms with Crippen LogP contribution >= 0.6 is 15.9 Å². The minimum atomic E-state index is 0.375. The van der Waals surface area contributed by atoms with Crippen molar-refractivity contribution in [3.8, 4) is 0 Å². The maximum absolute atomic E-state index is 3.83. The molecule has 0 radical (unpaired) electrons. The van der Waals surface area contributed by atoms with Crippen molar-refractivity contribution in [2.75, 3.05) is 23.3 Å². The predicted octanol–water partition coefficient (Wildman–Crippen LogP) is 6.12. The van der Waals surface area contributed by atoms with E-state index in [0.717, 1.165) is 24.0 Å². The Bertz CT molecular complexity index is 777. The minimum absolute atomic E-state index is 0.375. The maximum atomic E-state index is 3.83. The molecule has 3 atom stereocenters. The first-order valence-electron chi connectivity index (χ1n) is 9.28. The van der Waals surface area contributed by atoms with Crippen LogP contribution in [0.1, 0.15) is 43.4 Å². The average Bonchev–Trinajstić information content (AvgIpc) is 3.13. The number of halogens is 1. The zero-order valence-electron chi connectivity index (χ0n) is 14.9. The summed E-state index contributed by atoms with van der Waals surface area (Å²) < 4.78 is 1.14. The molecule has 3 unspecified atom stereocenters. The fraction of sp³-hybridized carbons (Fsp3) is 0.364. The van der Waals surface area contributed by atoms with E-state index in [2.05, 4.69) is 94.6 Å². The van der Waals surface area contributed by atoms with Crippen molar-refractivity contribution in [2.24, 2.45) is 5.92 Å². The number of anilines is 2. The number of rotatable bonds is 4. The lowest BCUT2D eigenvalue weighted by Gasteiger charge is -2.38. The van der Waals surface area contributed by atoms with Crippen molar-refractivity contribution in [3.63, 3.8) is 0 Å². The second kappa shape index (κ2) is 6.87. The Balaban J connectivity index is 1.72. The maximum Gasteiger partial charge on any atom is 0.0553 e. The van der Waals surface area contributed by atoms with Crippen LogP contribution < -0.4 is 10.2 Å². The van der Waals surface area contributed by atoms with Crippen molar-refractivity contribution in [1.82, 2.24) is 0 Å². The number of allylic oxidation sites excluding steroid dienone is 2. The van der Waals surface area contributed by atoms with E-state index in [1.54, 1.807) is 0 Å². The first-order chi connectivity index (χ1) is 12.2. The van der Waals surface area contributed by atoms with Gasteiger partial charge >= 0.3 is 0 Å². The Morgan fingerprint density at radius 1 is 1.08 bits per heavy atom. The molecule has 0 aromatic heterocycles. The monoisotopic (exact) mass is 396 g/mol. The highest BCUT2D eigenvalue weighted by Gasteiger charge is 2.38. The van der Waals surface area contributed by atoms with E-state index >= 15 is 0 Å². The second-order valence-corrected chi connectivity index (χ2v) is 7.89. The normalized spacial score (nSPS) is 23.7. The molecule has 2 aromatic carbocycles. The molecule has 1 aliphatic carbocycles. The number of hydrogen-bond donors (Lipinski definition) is 1. The first kappa shape index (κ1) is 16.7. The molecule has 0 saturated heterocycles. The smallest absolute Gasteiger partial charge is 0.0553 e. The van der Waals surface area contributed by atoms with Gasteiger partial charge in [0.15, 0.2) is 0 Å². The molecule has 130 valence electrons. The van der Waals surface area contributed by atoms with Crippen LogP contribution in [0.15, 0.2) is 59.1 Å². The van der Waals surface area contributed by atoms with Crippen molar-refractivity contribution < 1.29 is 0 Å². The molecule has 2 aromatic rings. The Morgan fingerprint density at radius 2 is 1.84 bits per heavy atom. The molecular formula is C22H25BrN2. The molecule has 2 nitrogen and oxygen atoms in total. The molecule has 2 aliphatic rings. The van der Waals surface area contributed by atoms with E-state index in [4.69, 9.17) is 0 Å². The van der Waals surface area contributed by atoms with Crippen LogP contribution in [0.25, 0.3) is 0 Å². The molecule has 0 spiro atoms. The summed E-state index contributed by atoms with van der Waals surface area (Å²) in [4.78, 5) is 2.43. The predicted molar refractivity (Wildman–Crippen MR) is 110 cm³/mol. The summed E-state index contributed by atoms with van der Waals surface area (Å²) in [5.41, 5.74) is 5.46. The molecule has 3 heteroatoms. The molecule has 0 amide bonds. The molecule has 4 rings (SSSR count). The van der Waals surface area contributed by atoms with Crippen molar-refractivity contribution in [3.05, 3.63) is 70.2 Å². The van der Waals surface area contributed by atoms with Gasteiger partial charge in [0.25, 0.3) is 0 Å². The number of fused-ring (bicyclic) bond motifs is 3. The summed E-state index contributed by atoms with van der Waals surface area (Å²) in [6.45, 7) is 6.55. The van der Waals surface area contributed by atoms with Crippen LogP contribution in [0, 0.1) is 5.92 Å². The van der Waals surface area contributed by atoms with E-state index in [1.807, 2.05) is 0 Å². The Morgan fingerprint density at radius 3 is 2.56 bits per heavy atom. The van der Waals surface area contributed by atoms with E-state index in [1.165, 1.54) is 22.5 Å². The SMILES string of the molecule is CCN(CC)c1ccc2c(c1)C1C=CCC1C(c1ccc(Br)cc1)N2. The first-order valence-corrected chi connectivity index (χ1v) is 10.1. The number of nitrogens with one attached hydrogen (secondary N) is 1. The lowest BCUT2D eigenvalue weighted by atomic mass is 9.77. The molecule has 0 saturated carbocycles. The van der Waals surface area contributed by atoms with Gasteiger partial charge in [0.2, 0.25) is 0 Å². The van der Waals surface area contributed by atoms with Gasteiger partial charge in [0, 0.05) is 34.9 Å². The van der Waals surface area contributed by atoms with Crippen LogP contribution in [-0.4, -0.2) is 13.1 Å². The van der Waals surface area contributed by atoms with Crippen LogP contribution in [0.5, 0.6) is 0 Å². The Labute approximate surface area is 159 Å². The zero-order valence-corrected chi connectivity index (χ0v) is 16.5. The Hall–Kier alpha value is -1.74. The highest BCUT2D eigenvalue weighted by atomic mass is 79.9. The van der Waals surface area contributed by atoms with Crippen molar-refractivity contribution in [2.45, 2.75) is 32.2 Å². The average molecular weight is 397 g/mol. The lowest BCUT2D eigenvalue weighted by molar-refractivity contribution is 0.425. The molecule has 0 bridgehead atoms. The third-order valence-electron chi connectivity index (χ3n) is 5.70. The number of nitrogens with zero attached hydrogens (tertiary/aromatic N) is 1. The van der Waals surface area contributed by atoms with Gasteiger partial charge in [-0.05, 0) is 67.6 Å². The summed E-state index contributed by atoms with van der Waals surface area (Å²) in [6, 6.07) is 16.1. The molecule has 1 N–H and O–H groups in total. The van der Waals surface area contributed by atoms with Crippen molar-refractivity contribution >= 4 is 27.3 Å². The summed E-state index contributed by atoms with van der Waals surface area (Å²) >= 11 is 3.55. The summed E-state index contributed by atoms with van der Waals surface area (Å²) in [5, 5.41) is 3.83. The molecule has 1 aliphatic heterocycles. The third kappa shape index (κ3) is 2.99. The second-order valence-electron chi connectivity index (χ2n) is 6.97. The van der Waals surface area contributed by atoms with Gasteiger partial charge < -0.3 is 10.2 Å². The minimum Gasteiger partial charge on any atom is -0.378 e. The van der Waals surface area contributed by atoms with E-state index in [0.29, 0.717) is 17.9 Å². The van der Waals surface area contributed by atoms with Crippen LogP contribution in [0.2, 0.25) is 0 Å². The van der Waals surface area contributed by atoms with E-state index < -0.39 is 0 Å². The van der Waals surface area contributed by atoms with Crippen LogP contribution in [0.4, 0.5) is 11.4 Å². The fourth-order valence-corrected chi connectivity index (χ4v) is 4.63. The van der Waals surface area contributed by atoms with Gasteiger partial charge in [-0.15, -0.1) is 0 Å².